The number of alkyl halides is 3. The largest absolute Gasteiger partial charge is 0.468 e. The number of piperazine rings is 1. The van der Waals surface area contributed by atoms with E-state index in [1.165, 1.54) is 35.1 Å². The fraction of sp³-hybridized carbons (Fsp3) is 0.500. The summed E-state index contributed by atoms with van der Waals surface area (Å²) in [5, 5.41) is 8.98. The van der Waals surface area contributed by atoms with Gasteiger partial charge in [-0.2, -0.15) is 13.2 Å². The summed E-state index contributed by atoms with van der Waals surface area (Å²) in [4.78, 5) is 40.1. The van der Waals surface area contributed by atoms with Crippen molar-refractivity contribution in [1.29, 1.82) is 0 Å². The van der Waals surface area contributed by atoms with E-state index in [9.17, 15) is 22.8 Å². The van der Waals surface area contributed by atoms with Gasteiger partial charge in [-0.25, -0.2) is 19.7 Å². The number of carboxylic acid groups (broad SMARTS) is 1. The second-order valence-corrected chi connectivity index (χ2v) is 8.50. The van der Waals surface area contributed by atoms with E-state index in [0.717, 1.165) is 6.42 Å². The number of halogens is 3. The summed E-state index contributed by atoms with van der Waals surface area (Å²) in [6.07, 6.45) is -3.44. The minimum absolute atomic E-state index is 0.0330. The van der Waals surface area contributed by atoms with Gasteiger partial charge in [0, 0.05) is 62.2 Å². The number of hydrogen-bond acceptors (Lipinski definition) is 7. The highest BCUT2D eigenvalue weighted by molar-refractivity contribution is 5.78. The maximum Gasteiger partial charge on any atom is 0.433 e. The van der Waals surface area contributed by atoms with Gasteiger partial charge in [-0.3, -0.25) is 4.79 Å². The lowest BCUT2D eigenvalue weighted by molar-refractivity contribution is -0.141. The van der Waals surface area contributed by atoms with Gasteiger partial charge >= 0.3 is 12.3 Å². The van der Waals surface area contributed by atoms with Crippen LogP contribution in [0.15, 0.2) is 18.3 Å². The van der Waals surface area contributed by atoms with Crippen LogP contribution in [-0.4, -0.2) is 87.2 Å². The molecule has 0 bridgehead atoms. The highest BCUT2D eigenvalue weighted by atomic mass is 19.4. The van der Waals surface area contributed by atoms with Crippen molar-refractivity contribution >= 4 is 17.9 Å². The van der Waals surface area contributed by atoms with Gasteiger partial charge in [0.2, 0.25) is 11.8 Å². The molecule has 2 amide bonds. The van der Waals surface area contributed by atoms with Gasteiger partial charge in [0.25, 0.3) is 5.91 Å². The van der Waals surface area contributed by atoms with Gasteiger partial charge in [0.1, 0.15) is 0 Å². The van der Waals surface area contributed by atoms with E-state index in [4.69, 9.17) is 9.84 Å². The Morgan fingerprint density at radius 1 is 1.11 bits per heavy atom. The van der Waals surface area contributed by atoms with E-state index in [1.807, 2.05) is 6.92 Å². The van der Waals surface area contributed by atoms with Crippen LogP contribution in [0.3, 0.4) is 0 Å². The third kappa shape index (κ3) is 5.23. The highest BCUT2D eigenvalue weighted by Gasteiger charge is 2.38. The van der Waals surface area contributed by atoms with Crippen molar-refractivity contribution in [3.63, 3.8) is 0 Å². The summed E-state index contributed by atoms with van der Waals surface area (Å²) >= 11 is 0. The molecule has 0 radical (unpaired) electrons. The minimum atomic E-state index is -4.63. The monoisotopic (exact) mass is 494 g/mol. The van der Waals surface area contributed by atoms with Gasteiger partial charge in [0.05, 0.1) is 5.69 Å². The molecule has 13 heteroatoms. The van der Waals surface area contributed by atoms with E-state index in [-0.39, 0.29) is 67.8 Å². The topological polar surface area (TPSA) is 112 Å². The third-order valence-electron chi connectivity index (χ3n) is 6.24. The normalized spacial score (nSPS) is 18.3. The maximum absolute atomic E-state index is 13.6. The van der Waals surface area contributed by atoms with Crippen LogP contribution < -0.4 is 9.64 Å². The predicted molar refractivity (Wildman–Crippen MR) is 118 cm³/mol. The Balaban J connectivity index is 1.46. The number of pyridine rings is 1. The van der Waals surface area contributed by atoms with Crippen molar-refractivity contribution in [1.82, 2.24) is 24.8 Å². The van der Waals surface area contributed by atoms with E-state index in [0.29, 0.717) is 12.1 Å². The molecule has 2 saturated heterocycles. The number of hydrogen-bond donors (Lipinski definition) is 1. The molecule has 35 heavy (non-hydrogen) atoms. The molecule has 2 aliphatic heterocycles. The lowest BCUT2D eigenvalue weighted by Gasteiger charge is -2.39. The van der Waals surface area contributed by atoms with Crippen LogP contribution >= 0.6 is 0 Å². The smallest absolute Gasteiger partial charge is 0.433 e. The van der Waals surface area contributed by atoms with Crippen LogP contribution in [0.2, 0.25) is 0 Å². The number of carbonyl (C=O) groups is 2. The molecule has 2 aromatic heterocycles. The molecule has 4 rings (SSSR count). The Kier molecular flexibility index (Phi) is 6.68. The van der Waals surface area contributed by atoms with Crippen molar-refractivity contribution in [3.8, 4) is 17.1 Å². The fourth-order valence-corrected chi connectivity index (χ4v) is 3.98. The average molecular weight is 494 g/mol. The van der Waals surface area contributed by atoms with Crippen molar-refractivity contribution in [2.75, 3.05) is 44.2 Å². The minimum Gasteiger partial charge on any atom is -0.468 e. The zero-order chi connectivity index (χ0) is 25.3. The van der Waals surface area contributed by atoms with E-state index >= 15 is 0 Å². The summed E-state index contributed by atoms with van der Waals surface area (Å²) in [5.74, 6) is -0.146. The van der Waals surface area contributed by atoms with Crippen molar-refractivity contribution in [2.24, 2.45) is 0 Å². The van der Waals surface area contributed by atoms with Crippen molar-refractivity contribution in [3.05, 3.63) is 29.6 Å². The molecule has 0 unspecified atom stereocenters. The number of nitrogens with zero attached hydrogens (tertiary/aromatic N) is 6. The molecule has 0 spiro atoms. The SMILES string of the molecule is Cc1c(-c2ccc(OCC(=O)N3CCN(C(=O)O)CC3)nc2)nc(N2CC[C@@H]2C)nc1C(F)(F)F. The molecule has 0 aromatic carbocycles. The van der Waals surface area contributed by atoms with Crippen LogP contribution in [0.1, 0.15) is 24.6 Å². The zero-order valence-corrected chi connectivity index (χ0v) is 19.2. The first-order valence-electron chi connectivity index (χ1n) is 11.1. The lowest BCUT2D eigenvalue weighted by Crippen LogP contribution is -2.51. The maximum atomic E-state index is 13.6. The summed E-state index contributed by atoms with van der Waals surface area (Å²) in [5.41, 5.74) is -0.577. The Bertz CT molecular complexity index is 1100. The number of amides is 2. The van der Waals surface area contributed by atoms with Gasteiger partial charge in [-0.1, -0.05) is 0 Å². The number of aromatic nitrogens is 3. The molecule has 0 aliphatic carbocycles. The molecular formula is C22H25F3N6O4. The number of carbonyl (C=O) groups excluding carboxylic acids is 1. The van der Waals surface area contributed by atoms with Crippen LogP contribution in [-0.2, 0) is 11.0 Å². The average Bonchev–Trinajstić information content (AvgIpc) is 2.82. The third-order valence-corrected chi connectivity index (χ3v) is 6.24. The molecule has 4 heterocycles. The van der Waals surface area contributed by atoms with Crippen LogP contribution in [0.25, 0.3) is 11.3 Å². The van der Waals surface area contributed by atoms with Crippen molar-refractivity contribution < 1.29 is 32.6 Å². The van der Waals surface area contributed by atoms with Crippen LogP contribution in [0.5, 0.6) is 5.88 Å². The predicted octanol–water partition coefficient (Wildman–Crippen LogP) is 2.67. The molecule has 0 saturated carbocycles. The Labute approximate surface area is 199 Å². The lowest BCUT2D eigenvalue weighted by atomic mass is 10.0. The number of anilines is 1. The first-order chi connectivity index (χ1) is 16.5. The summed E-state index contributed by atoms with van der Waals surface area (Å²) < 4.78 is 46.4. The van der Waals surface area contributed by atoms with Gasteiger partial charge in [-0.15, -0.1) is 0 Å². The second kappa shape index (κ2) is 9.55. The molecule has 2 aromatic rings. The number of ether oxygens (including phenoxy) is 1. The first kappa shape index (κ1) is 24.5. The summed E-state index contributed by atoms with van der Waals surface area (Å²) in [7, 11) is 0. The Hall–Kier alpha value is -3.64. The van der Waals surface area contributed by atoms with Crippen LogP contribution in [0.4, 0.5) is 23.9 Å². The quantitative estimate of drug-likeness (QED) is 0.675. The van der Waals surface area contributed by atoms with E-state index < -0.39 is 18.0 Å². The molecule has 188 valence electrons. The van der Waals surface area contributed by atoms with E-state index in [1.54, 1.807) is 4.90 Å². The Morgan fingerprint density at radius 3 is 2.31 bits per heavy atom. The fourth-order valence-electron chi connectivity index (χ4n) is 3.98. The molecule has 2 aliphatic rings. The van der Waals surface area contributed by atoms with Gasteiger partial charge in [-0.05, 0) is 26.3 Å². The summed E-state index contributed by atoms with van der Waals surface area (Å²) in [6.45, 7) is 4.53. The van der Waals surface area contributed by atoms with E-state index in [2.05, 4.69) is 15.0 Å². The molecule has 10 nitrogen and oxygen atoms in total. The zero-order valence-electron chi connectivity index (χ0n) is 19.2. The highest BCUT2D eigenvalue weighted by Crippen LogP contribution is 2.37. The second-order valence-electron chi connectivity index (χ2n) is 8.50. The standard InChI is InChI=1S/C22H25F3N6O4/c1-13-5-6-31(13)20-27-18(14(2)19(28-20)22(23,24)25)15-3-4-16(26-11-15)35-12-17(32)29-7-9-30(10-8-29)21(33)34/h3-4,11,13H,5-10,12H2,1-2H3,(H,33,34)/t13-/m0/s1. The van der Waals surface area contributed by atoms with Gasteiger partial charge in [0.15, 0.2) is 12.3 Å². The molecular weight excluding hydrogens is 469 g/mol. The van der Waals surface area contributed by atoms with Gasteiger partial charge < -0.3 is 24.5 Å². The number of rotatable bonds is 5. The summed E-state index contributed by atoms with van der Waals surface area (Å²) in [6, 6.07) is 3.06. The molecule has 1 atom stereocenters. The first-order valence-corrected chi connectivity index (χ1v) is 11.1. The van der Waals surface area contributed by atoms with Crippen molar-refractivity contribution in [2.45, 2.75) is 32.5 Å². The molecule has 2 fully saturated rings. The molecule has 1 N–H and O–H groups in total. The van der Waals surface area contributed by atoms with Crippen LogP contribution in [0, 0.1) is 6.92 Å². The Morgan fingerprint density at radius 2 is 1.80 bits per heavy atom.